The molecule has 2 heteroatoms. The molecule has 0 aliphatic rings. The largest absolute Gasteiger partial charge is 0.387 e. The number of halogens is 1. The van der Waals surface area contributed by atoms with Gasteiger partial charge in [-0.15, -0.1) is 17.3 Å². The Bertz CT molecular complexity index is 84.1. The molecular formula is C5H7ClO. The molecule has 0 aliphatic heterocycles. The Balaban J connectivity index is 3.35. The van der Waals surface area contributed by atoms with Gasteiger partial charge in [0.15, 0.2) is 0 Å². The number of aliphatic hydroxyl groups is 1. The molecule has 0 aliphatic carbocycles. The van der Waals surface area contributed by atoms with E-state index in [1.165, 1.54) is 6.08 Å². The summed E-state index contributed by atoms with van der Waals surface area (Å²) >= 11 is 5.18. The van der Waals surface area contributed by atoms with Gasteiger partial charge in [0, 0.05) is 0 Å². The van der Waals surface area contributed by atoms with E-state index in [2.05, 4.69) is 12.3 Å². The molecule has 0 saturated heterocycles. The highest BCUT2D eigenvalue weighted by molar-refractivity contribution is 6.18. The van der Waals surface area contributed by atoms with Gasteiger partial charge in [-0.2, -0.15) is 0 Å². The van der Waals surface area contributed by atoms with Crippen LogP contribution in [0.5, 0.6) is 0 Å². The normalized spacial score (nSPS) is 12.3. The molecule has 0 fully saturated rings. The maximum Gasteiger partial charge on any atom is 0.0929 e. The van der Waals surface area contributed by atoms with Gasteiger partial charge in [-0.1, -0.05) is 6.58 Å². The van der Waals surface area contributed by atoms with Crippen LogP contribution in [0.15, 0.2) is 18.4 Å². The summed E-state index contributed by atoms with van der Waals surface area (Å²) in [5, 5.41) is 8.57. The Morgan fingerprint density at radius 2 is 2.57 bits per heavy atom. The second kappa shape index (κ2) is 3.94. The fraction of sp³-hybridized carbons (Fsp3) is 0.400. The minimum atomic E-state index is -0.584. The number of hydrogen-bond acceptors (Lipinski definition) is 1. The molecule has 0 rings (SSSR count). The molecule has 1 nitrogen and oxygen atoms in total. The molecule has 40 valence electrons. The molecule has 1 N–H and O–H groups in total. The van der Waals surface area contributed by atoms with E-state index < -0.39 is 6.10 Å². The van der Waals surface area contributed by atoms with Crippen molar-refractivity contribution in [1.82, 2.24) is 0 Å². The average Bonchev–Trinajstić information content (AvgIpc) is 1.68. The van der Waals surface area contributed by atoms with Gasteiger partial charge in [0.25, 0.3) is 0 Å². The van der Waals surface area contributed by atoms with Gasteiger partial charge in [0.2, 0.25) is 0 Å². The van der Waals surface area contributed by atoms with Crippen molar-refractivity contribution in [1.29, 1.82) is 0 Å². The highest BCUT2D eigenvalue weighted by Gasteiger charge is 1.89. The fourth-order valence-electron chi connectivity index (χ4n) is 0.181. The first-order valence-electron chi connectivity index (χ1n) is 1.91. The number of alkyl halides is 1. The molecule has 1 atom stereocenters. The highest BCUT2D eigenvalue weighted by atomic mass is 35.5. The van der Waals surface area contributed by atoms with Crippen molar-refractivity contribution in [3.05, 3.63) is 18.4 Å². The van der Waals surface area contributed by atoms with Crippen molar-refractivity contribution < 1.29 is 5.11 Å². The van der Waals surface area contributed by atoms with Crippen LogP contribution < -0.4 is 0 Å². The van der Waals surface area contributed by atoms with Gasteiger partial charge in [0.05, 0.1) is 12.0 Å². The van der Waals surface area contributed by atoms with Crippen molar-refractivity contribution in [2.24, 2.45) is 0 Å². The molecular weight excluding hydrogens is 112 g/mol. The van der Waals surface area contributed by atoms with Crippen LogP contribution in [0, 0.1) is 0 Å². The second-order valence-corrected chi connectivity index (χ2v) is 1.40. The zero-order valence-corrected chi connectivity index (χ0v) is 4.65. The average molecular weight is 119 g/mol. The van der Waals surface area contributed by atoms with Crippen LogP contribution in [-0.2, 0) is 0 Å². The molecule has 0 aromatic carbocycles. The lowest BCUT2D eigenvalue weighted by Gasteiger charge is -1.91. The van der Waals surface area contributed by atoms with Crippen molar-refractivity contribution in [3.63, 3.8) is 0 Å². The van der Waals surface area contributed by atoms with Crippen LogP contribution in [-0.4, -0.2) is 17.1 Å². The molecule has 0 aromatic heterocycles. The van der Waals surface area contributed by atoms with E-state index >= 15 is 0 Å². The molecule has 0 saturated carbocycles. The zero-order chi connectivity index (χ0) is 5.70. The summed E-state index contributed by atoms with van der Waals surface area (Å²) in [7, 11) is 0. The van der Waals surface area contributed by atoms with Gasteiger partial charge < -0.3 is 5.11 Å². The first kappa shape index (κ1) is 6.77. The van der Waals surface area contributed by atoms with Crippen LogP contribution in [0.1, 0.15) is 0 Å². The molecule has 0 amide bonds. The Morgan fingerprint density at radius 3 is 2.71 bits per heavy atom. The summed E-state index contributed by atoms with van der Waals surface area (Å²) in [4.78, 5) is 0. The van der Waals surface area contributed by atoms with Gasteiger partial charge in [-0.05, 0) is 6.08 Å². The van der Waals surface area contributed by atoms with E-state index in [0.29, 0.717) is 0 Å². The zero-order valence-electron chi connectivity index (χ0n) is 3.89. The van der Waals surface area contributed by atoms with Crippen LogP contribution in [0.3, 0.4) is 0 Å². The predicted octanol–water partition coefficient (Wildman–Crippen LogP) is 0.927. The Hall–Kier alpha value is -0.230. The Morgan fingerprint density at radius 1 is 2.00 bits per heavy atom. The maximum atomic E-state index is 8.57. The van der Waals surface area contributed by atoms with Gasteiger partial charge >= 0.3 is 0 Å². The molecule has 0 aromatic rings. The third-order valence-electron chi connectivity index (χ3n) is 0.468. The molecule has 0 radical (unpaired) electrons. The summed E-state index contributed by atoms with van der Waals surface area (Å²) in [5.74, 6) is 0.211. The molecule has 0 heterocycles. The van der Waals surface area contributed by atoms with Crippen LogP contribution in [0.2, 0.25) is 0 Å². The van der Waals surface area contributed by atoms with Crippen molar-refractivity contribution >= 4 is 11.6 Å². The van der Waals surface area contributed by atoms with E-state index in [-0.39, 0.29) is 5.88 Å². The van der Waals surface area contributed by atoms with Gasteiger partial charge in [-0.3, -0.25) is 0 Å². The first-order chi connectivity index (χ1) is 3.31. The highest BCUT2D eigenvalue weighted by Crippen LogP contribution is 1.85. The van der Waals surface area contributed by atoms with Gasteiger partial charge in [-0.25, -0.2) is 0 Å². The van der Waals surface area contributed by atoms with Crippen LogP contribution in [0.25, 0.3) is 0 Å². The van der Waals surface area contributed by atoms with E-state index in [0.717, 1.165) is 0 Å². The molecule has 0 bridgehead atoms. The summed E-state index contributed by atoms with van der Waals surface area (Å²) in [6.45, 7) is 3.25. The minimum absolute atomic E-state index is 0.211. The summed E-state index contributed by atoms with van der Waals surface area (Å²) < 4.78 is 0. The summed E-state index contributed by atoms with van der Waals surface area (Å²) in [5.41, 5.74) is 2.41. The van der Waals surface area contributed by atoms with E-state index in [9.17, 15) is 0 Å². The summed E-state index contributed by atoms with van der Waals surface area (Å²) in [6, 6.07) is 0. The molecule has 0 spiro atoms. The molecule has 1 unspecified atom stereocenters. The number of rotatable bonds is 2. The Labute approximate surface area is 47.9 Å². The summed E-state index contributed by atoms with van der Waals surface area (Å²) in [6.07, 6.45) is 0.826. The maximum absolute atomic E-state index is 8.57. The Kier molecular flexibility index (Phi) is 3.81. The lowest BCUT2D eigenvalue weighted by molar-refractivity contribution is 0.247. The number of aliphatic hydroxyl groups excluding tert-OH is 1. The fourth-order valence-corrected chi connectivity index (χ4v) is 0.270. The smallest absolute Gasteiger partial charge is 0.0929 e. The monoisotopic (exact) mass is 118 g/mol. The second-order valence-electron chi connectivity index (χ2n) is 1.09. The minimum Gasteiger partial charge on any atom is -0.387 e. The number of hydrogen-bond donors (Lipinski definition) is 1. The quantitative estimate of drug-likeness (QED) is 0.423. The first-order valence-corrected chi connectivity index (χ1v) is 2.44. The molecule has 7 heavy (non-hydrogen) atoms. The van der Waals surface area contributed by atoms with Crippen LogP contribution in [0.4, 0.5) is 0 Å². The topological polar surface area (TPSA) is 20.2 Å². The van der Waals surface area contributed by atoms with E-state index in [4.69, 9.17) is 16.7 Å². The third-order valence-corrected chi connectivity index (χ3v) is 0.785. The van der Waals surface area contributed by atoms with E-state index in [1.54, 1.807) is 0 Å². The third kappa shape index (κ3) is 3.60. The lowest BCUT2D eigenvalue weighted by atomic mass is 10.4. The van der Waals surface area contributed by atoms with Crippen molar-refractivity contribution in [2.45, 2.75) is 6.10 Å². The SMILES string of the molecule is C=C=CC(O)CCl. The van der Waals surface area contributed by atoms with E-state index in [1.807, 2.05) is 0 Å². The standard InChI is InChI=1S/C5H7ClO/c1-2-3-5(7)4-6/h3,5,7H,1,4H2. The van der Waals surface area contributed by atoms with Crippen LogP contribution >= 0.6 is 11.6 Å². The van der Waals surface area contributed by atoms with Gasteiger partial charge in [0.1, 0.15) is 0 Å². The van der Waals surface area contributed by atoms with Crippen molar-refractivity contribution in [2.75, 3.05) is 5.88 Å². The lowest BCUT2D eigenvalue weighted by Crippen LogP contribution is -2.01. The van der Waals surface area contributed by atoms with Crippen molar-refractivity contribution in [3.8, 4) is 0 Å². The predicted molar refractivity (Wildman–Crippen MR) is 30.4 cm³/mol.